The molecule has 0 aromatic carbocycles. The zero-order chi connectivity index (χ0) is 16.5. The van der Waals surface area contributed by atoms with Crippen molar-refractivity contribution in [2.45, 2.75) is 50.5 Å². The maximum absolute atomic E-state index is 13.9. The molecule has 2 fully saturated rings. The Kier molecular flexibility index (Phi) is 4.60. The Bertz CT molecular complexity index is 659. The molecule has 6 nitrogen and oxygen atoms in total. The van der Waals surface area contributed by atoms with Gasteiger partial charge in [0.2, 0.25) is 5.89 Å². The van der Waals surface area contributed by atoms with Crippen LogP contribution in [0.2, 0.25) is 0 Å². The molecule has 2 aliphatic rings. The van der Waals surface area contributed by atoms with E-state index in [0.717, 1.165) is 23.9 Å². The van der Waals surface area contributed by atoms with Crippen LogP contribution in [0.4, 0.5) is 4.39 Å². The molecule has 3 heterocycles. The van der Waals surface area contributed by atoms with Crippen LogP contribution in [0.3, 0.4) is 0 Å². The highest BCUT2D eigenvalue weighted by Gasteiger charge is 2.33. The minimum atomic E-state index is -0.756. The first-order chi connectivity index (χ1) is 11.7. The molecule has 2 aromatic rings. The van der Waals surface area contributed by atoms with Crippen LogP contribution in [0.25, 0.3) is 0 Å². The van der Waals surface area contributed by atoms with Gasteiger partial charge in [-0.1, -0.05) is 5.16 Å². The third-order valence-electron chi connectivity index (χ3n) is 4.65. The first-order valence-corrected chi connectivity index (χ1v) is 9.33. The van der Waals surface area contributed by atoms with Crippen molar-refractivity contribution in [3.8, 4) is 0 Å². The van der Waals surface area contributed by atoms with Crippen LogP contribution < -0.4 is 0 Å². The number of rotatable bonds is 7. The van der Waals surface area contributed by atoms with E-state index >= 15 is 0 Å². The Morgan fingerprint density at radius 2 is 2.33 bits per heavy atom. The predicted molar refractivity (Wildman–Crippen MR) is 88.4 cm³/mol. The second-order valence-corrected chi connectivity index (χ2v) is 7.84. The third kappa shape index (κ3) is 3.81. The van der Waals surface area contributed by atoms with Crippen molar-refractivity contribution in [3.05, 3.63) is 28.3 Å². The molecule has 0 bridgehead atoms. The molecule has 24 heavy (non-hydrogen) atoms. The molecule has 2 atom stereocenters. The average Bonchev–Trinajstić information content (AvgIpc) is 2.93. The number of nitrogens with zero attached hydrogens (tertiary/aromatic N) is 5. The number of alkyl halides is 1. The highest BCUT2D eigenvalue weighted by molar-refractivity contribution is 7.09. The molecule has 2 aromatic heterocycles. The number of thiazole rings is 1. The Hall–Kier alpha value is -1.38. The van der Waals surface area contributed by atoms with E-state index in [-0.39, 0.29) is 6.04 Å². The molecule has 1 saturated carbocycles. The zero-order valence-electron chi connectivity index (χ0n) is 13.8. The van der Waals surface area contributed by atoms with E-state index in [2.05, 4.69) is 24.9 Å². The summed E-state index contributed by atoms with van der Waals surface area (Å²) in [4.78, 5) is 13.1. The molecule has 0 spiro atoms. The van der Waals surface area contributed by atoms with Crippen molar-refractivity contribution >= 4 is 11.3 Å². The fraction of sp³-hybridized carbons (Fsp3) is 0.688. The molecule has 0 radical (unpaired) electrons. The zero-order valence-corrected chi connectivity index (χ0v) is 14.6. The van der Waals surface area contributed by atoms with Crippen molar-refractivity contribution in [1.82, 2.24) is 24.9 Å². The lowest BCUT2D eigenvalue weighted by molar-refractivity contribution is 0.170. The maximum atomic E-state index is 13.9. The van der Waals surface area contributed by atoms with E-state index in [0.29, 0.717) is 31.3 Å². The van der Waals surface area contributed by atoms with Crippen molar-refractivity contribution in [1.29, 1.82) is 0 Å². The van der Waals surface area contributed by atoms with Crippen LogP contribution in [-0.4, -0.2) is 57.3 Å². The van der Waals surface area contributed by atoms with Gasteiger partial charge in [-0.2, -0.15) is 4.98 Å². The quantitative estimate of drug-likeness (QED) is 0.764. The molecule has 1 saturated heterocycles. The van der Waals surface area contributed by atoms with Crippen molar-refractivity contribution in [3.63, 3.8) is 0 Å². The topological polar surface area (TPSA) is 58.3 Å². The van der Waals surface area contributed by atoms with E-state index in [1.807, 2.05) is 12.4 Å². The second kappa shape index (κ2) is 6.85. The van der Waals surface area contributed by atoms with Gasteiger partial charge in [-0.05, 0) is 26.3 Å². The second-order valence-electron chi connectivity index (χ2n) is 6.86. The van der Waals surface area contributed by atoms with Crippen LogP contribution in [-0.2, 0) is 13.1 Å². The van der Waals surface area contributed by atoms with E-state index in [9.17, 15) is 4.39 Å². The molecule has 0 amide bonds. The first-order valence-electron chi connectivity index (χ1n) is 8.45. The van der Waals surface area contributed by atoms with Gasteiger partial charge in [0.05, 0.1) is 13.1 Å². The summed E-state index contributed by atoms with van der Waals surface area (Å²) in [5.41, 5.74) is 0. The number of likely N-dealkylation sites (N-methyl/N-ethyl adjacent to an activating group) is 1. The predicted octanol–water partition coefficient (Wildman–Crippen LogP) is 2.45. The molecule has 4 rings (SSSR count). The fourth-order valence-electron chi connectivity index (χ4n) is 3.31. The van der Waals surface area contributed by atoms with Gasteiger partial charge in [0.15, 0.2) is 5.82 Å². The maximum Gasteiger partial charge on any atom is 0.240 e. The van der Waals surface area contributed by atoms with Gasteiger partial charge in [-0.25, -0.2) is 9.37 Å². The van der Waals surface area contributed by atoms with Gasteiger partial charge < -0.3 is 4.52 Å². The summed E-state index contributed by atoms with van der Waals surface area (Å²) in [6, 6.07) is 0.194. The summed E-state index contributed by atoms with van der Waals surface area (Å²) in [7, 11) is 2.02. The van der Waals surface area contributed by atoms with Gasteiger partial charge in [0.1, 0.15) is 11.2 Å². The third-order valence-corrected chi connectivity index (χ3v) is 5.42. The summed E-state index contributed by atoms with van der Waals surface area (Å²) in [5, 5.41) is 7.06. The number of likely N-dealkylation sites (tertiary alicyclic amines) is 1. The molecule has 8 heteroatoms. The highest BCUT2D eigenvalue weighted by atomic mass is 32.1. The lowest BCUT2D eigenvalue weighted by Crippen LogP contribution is -2.38. The Morgan fingerprint density at radius 3 is 3.08 bits per heavy atom. The van der Waals surface area contributed by atoms with E-state index in [1.54, 1.807) is 17.5 Å². The summed E-state index contributed by atoms with van der Waals surface area (Å²) < 4.78 is 19.2. The van der Waals surface area contributed by atoms with Crippen molar-refractivity contribution in [2.75, 3.05) is 20.1 Å². The number of halogens is 1. The average molecular weight is 351 g/mol. The lowest BCUT2D eigenvalue weighted by atomic mass is 10.2. The molecule has 130 valence electrons. The molecular formula is C16H22FN5OS. The SMILES string of the molecule is CN(Cc1nc(C2CC2)no1)C[C@@H]1C[C@H](F)CN1Cc1nccs1. The summed E-state index contributed by atoms with van der Waals surface area (Å²) in [6.45, 7) is 2.61. The summed E-state index contributed by atoms with van der Waals surface area (Å²) >= 11 is 1.62. The van der Waals surface area contributed by atoms with Gasteiger partial charge in [0, 0.05) is 36.6 Å². The van der Waals surface area contributed by atoms with Gasteiger partial charge >= 0.3 is 0 Å². The van der Waals surface area contributed by atoms with Crippen LogP contribution in [0.5, 0.6) is 0 Å². The molecule has 1 aliphatic heterocycles. The van der Waals surface area contributed by atoms with Crippen LogP contribution in [0.1, 0.15) is 41.9 Å². The van der Waals surface area contributed by atoms with Gasteiger partial charge in [0.25, 0.3) is 0 Å². The van der Waals surface area contributed by atoms with Gasteiger partial charge in [-0.3, -0.25) is 9.80 Å². The molecule has 0 unspecified atom stereocenters. The standard InChI is InChI=1S/C16H22FN5OS/c1-21(9-14-19-16(20-23-14)11-2-3-11)8-13-6-12(17)7-22(13)10-15-18-4-5-24-15/h4-5,11-13H,2-3,6-10H2,1H3/t12-,13-/m0/s1. The number of aromatic nitrogens is 3. The van der Waals surface area contributed by atoms with Crippen LogP contribution >= 0.6 is 11.3 Å². The van der Waals surface area contributed by atoms with Crippen LogP contribution in [0.15, 0.2) is 16.1 Å². The summed E-state index contributed by atoms with van der Waals surface area (Å²) in [6.07, 6.45) is 3.96. The molecule has 0 N–H and O–H groups in total. The fourth-order valence-corrected chi connectivity index (χ4v) is 3.95. The van der Waals surface area contributed by atoms with E-state index < -0.39 is 6.17 Å². The minimum Gasteiger partial charge on any atom is -0.338 e. The monoisotopic (exact) mass is 351 g/mol. The van der Waals surface area contributed by atoms with Crippen molar-refractivity contribution in [2.24, 2.45) is 0 Å². The Balaban J connectivity index is 1.33. The smallest absolute Gasteiger partial charge is 0.240 e. The Labute approximate surface area is 144 Å². The van der Waals surface area contributed by atoms with Crippen molar-refractivity contribution < 1.29 is 8.91 Å². The minimum absolute atomic E-state index is 0.194. The first kappa shape index (κ1) is 16.1. The number of hydrogen-bond acceptors (Lipinski definition) is 7. The Morgan fingerprint density at radius 1 is 1.46 bits per heavy atom. The summed E-state index contributed by atoms with van der Waals surface area (Å²) in [5.74, 6) is 2.00. The van der Waals surface area contributed by atoms with E-state index in [4.69, 9.17) is 4.52 Å². The molecule has 1 aliphatic carbocycles. The van der Waals surface area contributed by atoms with Crippen LogP contribution in [0, 0.1) is 0 Å². The lowest BCUT2D eigenvalue weighted by Gasteiger charge is -2.27. The largest absolute Gasteiger partial charge is 0.338 e. The normalized spacial score (nSPS) is 25.0. The van der Waals surface area contributed by atoms with E-state index in [1.165, 1.54) is 12.8 Å². The molecular weight excluding hydrogens is 329 g/mol. The van der Waals surface area contributed by atoms with Gasteiger partial charge in [-0.15, -0.1) is 11.3 Å². The highest BCUT2D eigenvalue weighted by Crippen LogP contribution is 2.38. The number of hydrogen-bond donors (Lipinski definition) is 0.